The molecule has 2 aromatic rings. The van der Waals surface area contributed by atoms with Gasteiger partial charge in [-0.25, -0.2) is 4.79 Å². The molecule has 3 rings (SSSR count). The fourth-order valence-electron chi connectivity index (χ4n) is 2.66. The predicted molar refractivity (Wildman–Crippen MR) is 102 cm³/mol. The molecule has 0 atom stereocenters. The smallest absolute Gasteiger partial charge is 0.377 e. The van der Waals surface area contributed by atoms with Crippen molar-refractivity contribution in [2.75, 3.05) is 0 Å². The maximum Gasteiger partial charge on any atom is 0.377 e. The molecular formula is C20H17Cl2NO4. The van der Waals surface area contributed by atoms with Crippen LogP contribution < -0.4 is 5.32 Å². The minimum atomic E-state index is -1.09. The molecule has 0 saturated carbocycles. The van der Waals surface area contributed by atoms with Gasteiger partial charge in [0.2, 0.25) is 17.5 Å². The molecule has 1 saturated heterocycles. The number of carbonyl (C=O) groups excluding carboxylic acids is 2. The van der Waals surface area contributed by atoms with Crippen molar-refractivity contribution in [1.82, 2.24) is 5.32 Å². The molecule has 7 heteroatoms. The van der Waals surface area contributed by atoms with Gasteiger partial charge < -0.3 is 14.8 Å². The van der Waals surface area contributed by atoms with Crippen LogP contribution in [0.3, 0.4) is 0 Å². The summed E-state index contributed by atoms with van der Waals surface area (Å²) < 4.78 is 10.4. The lowest BCUT2D eigenvalue weighted by Crippen LogP contribution is -2.28. The van der Waals surface area contributed by atoms with Gasteiger partial charge in [0, 0.05) is 23.9 Å². The Labute approximate surface area is 166 Å². The van der Waals surface area contributed by atoms with E-state index < -0.39 is 23.7 Å². The van der Waals surface area contributed by atoms with E-state index in [0.29, 0.717) is 10.0 Å². The topological polar surface area (TPSA) is 64.6 Å². The van der Waals surface area contributed by atoms with Gasteiger partial charge in [-0.15, -0.1) is 0 Å². The average molecular weight is 406 g/mol. The first-order valence-corrected chi connectivity index (χ1v) is 8.94. The number of halogens is 2. The molecule has 0 bridgehead atoms. The lowest BCUT2D eigenvalue weighted by molar-refractivity contribution is -0.159. The van der Waals surface area contributed by atoms with Gasteiger partial charge in [-0.1, -0.05) is 47.5 Å². The quantitative estimate of drug-likeness (QED) is 0.604. The summed E-state index contributed by atoms with van der Waals surface area (Å²) in [6.07, 6.45) is 1.09. The van der Waals surface area contributed by atoms with Crippen molar-refractivity contribution in [2.45, 2.75) is 25.7 Å². The number of carbonyl (C=O) groups is 2. The Hall–Kier alpha value is -2.50. The molecule has 1 amide bonds. The molecule has 0 aromatic heterocycles. The third-order valence-electron chi connectivity index (χ3n) is 3.85. The van der Waals surface area contributed by atoms with Crippen LogP contribution in [0.5, 0.6) is 0 Å². The van der Waals surface area contributed by atoms with Crippen molar-refractivity contribution in [3.8, 4) is 0 Å². The van der Waals surface area contributed by atoms with E-state index in [0.717, 1.165) is 17.2 Å². The molecule has 1 heterocycles. The van der Waals surface area contributed by atoms with Crippen LogP contribution in [-0.2, 0) is 19.1 Å². The summed E-state index contributed by atoms with van der Waals surface area (Å²) in [5.41, 5.74) is 1.65. The highest BCUT2D eigenvalue weighted by Crippen LogP contribution is 2.27. The number of amides is 1. The highest BCUT2D eigenvalue weighted by atomic mass is 35.5. The van der Waals surface area contributed by atoms with Crippen LogP contribution in [0.15, 0.2) is 60.4 Å². The molecule has 0 radical (unpaired) electrons. The Bertz CT molecular complexity index is 844. The molecule has 1 N–H and O–H groups in total. The largest absolute Gasteiger partial charge is 0.445 e. The summed E-state index contributed by atoms with van der Waals surface area (Å²) in [5.74, 6) is -2.39. The summed E-state index contributed by atoms with van der Waals surface area (Å²) in [7, 11) is 0. The van der Waals surface area contributed by atoms with Gasteiger partial charge in [0.15, 0.2) is 0 Å². The number of cyclic esters (lactones) is 1. The zero-order chi connectivity index (χ0) is 19.6. The monoisotopic (exact) mass is 405 g/mol. The van der Waals surface area contributed by atoms with Gasteiger partial charge in [-0.05, 0) is 35.4 Å². The van der Waals surface area contributed by atoms with Crippen LogP contribution in [0.1, 0.15) is 31.0 Å². The van der Waals surface area contributed by atoms with Crippen molar-refractivity contribution in [1.29, 1.82) is 0 Å². The Morgan fingerprint density at radius 3 is 1.85 bits per heavy atom. The molecule has 0 spiro atoms. The van der Waals surface area contributed by atoms with E-state index >= 15 is 0 Å². The van der Waals surface area contributed by atoms with E-state index in [2.05, 4.69) is 5.32 Å². The maximum absolute atomic E-state index is 12.5. The van der Waals surface area contributed by atoms with E-state index in [9.17, 15) is 9.59 Å². The number of benzene rings is 2. The maximum atomic E-state index is 12.5. The molecule has 27 heavy (non-hydrogen) atoms. The van der Waals surface area contributed by atoms with Crippen LogP contribution in [0, 0.1) is 0 Å². The molecule has 1 aliphatic rings. The van der Waals surface area contributed by atoms with Crippen molar-refractivity contribution in [2.24, 2.45) is 0 Å². The summed E-state index contributed by atoms with van der Waals surface area (Å²) in [4.78, 5) is 24.3. The first kappa shape index (κ1) is 19.3. The summed E-state index contributed by atoms with van der Waals surface area (Å²) in [6.45, 7) is 3.18. The van der Waals surface area contributed by atoms with Gasteiger partial charge in [-0.3, -0.25) is 4.79 Å². The Balaban J connectivity index is 1.87. The van der Waals surface area contributed by atoms with E-state index in [1.165, 1.54) is 0 Å². The summed E-state index contributed by atoms with van der Waals surface area (Å²) in [5, 5.41) is 4.05. The van der Waals surface area contributed by atoms with Crippen molar-refractivity contribution in [3.05, 3.63) is 81.5 Å². The Kier molecular flexibility index (Phi) is 5.44. The highest BCUT2D eigenvalue weighted by Gasteiger charge is 2.37. The van der Waals surface area contributed by atoms with Crippen LogP contribution >= 0.6 is 23.2 Å². The molecule has 0 aliphatic carbocycles. The summed E-state index contributed by atoms with van der Waals surface area (Å²) >= 11 is 11.9. The third kappa shape index (κ3) is 4.81. The van der Waals surface area contributed by atoms with Gasteiger partial charge >= 0.3 is 5.97 Å². The van der Waals surface area contributed by atoms with E-state index in [1.807, 2.05) is 24.3 Å². The zero-order valence-electron chi connectivity index (χ0n) is 14.7. The minimum Gasteiger partial charge on any atom is -0.445 e. The number of nitrogens with one attached hydrogen (secondary N) is 1. The molecule has 2 aromatic carbocycles. The second-order valence-corrected chi connectivity index (χ2v) is 7.32. The number of hydrogen-bond acceptors (Lipinski definition) is 4. The molecule has 5 nitrogen and oxygen atoms in total. The van der Waals surface area contributed by atoms with Gasteiger partial charge in [0.1, 0.15) is 0 Å². The fraction of sp³-hybridized carbons (Fsp3) is 0.200. The molecule has 140 valence electrons. The van der Waals surface area contributed by atoms with Gasteiger partial charge in [0.05, 0.1) is 12.1 Å². The average Bonchev–Trinajstić information content (AvgIpc) is 2.86. The van der Waals surface area contributed by atoms with Gasteiger partial charge in [0.25, 0.3) is 0 Å². The summed E-state index contributed by atoms with van der Waals surface area (Å²) in [6, 6.07) is 13.8. The molecule has 1 fully saturated rings. The lowest BCUT2D eigenvalue weighted by Gasteiger charge is -2.19. The fourth-order valence-corrected chi connectivity index (χ4v) is 2.91. The standard InChI is InChI=1S/C20H17Cl2NO4/c1-20(2)26-16(19(25)27-20)11-17(24)23-18(12-3-7-14(21)8-4-12)13-5-9-15(22)10-6-13/h3-11,18H,1-2H3,(H,23,24)/b16-11-. The van der Waals surface area contributed by atoms with E-state index in [-0.39, 0.29) is 5.76 Å². The van der Waals surface area contributed by atoms with Crippen LogP contribution in [0.2, 0.25) is 10.0 Å². The molecule has 1 aliphatic heterocycles. The van der Waals surface area contributed by atoms with Gasteiger partial charge in [-0.2, -0.15) is 0 Å². The normalized spacial score (nSPS) is 16.9. The second-order valence-electron chi connectivity index (χ2n) is 6.44. The molecule has 0 unspecified atom stereocenters. The Morgan fingerprint density at radius 1 is 0.963 bits per heavy atom. The molecular weight excluding hydrogens is 389 g/mol. The van der Waals surface area contributed by atoms with E-state index in [4.69, 9.17) is 32.7 Å². The SMILES string of the molecule is CC1(C)OC(=O)/C(=C/C(=O)NC(c2ccc(Cl)cc2)c2ccc(Cl)cc2)O1. The Morgan fingerprint density at radius 2 is 1.44 bits per heavy atom. The zero-order valence-corrected chi connectivity index (χ0v) is 16.2. The van der Waals surface area contributed by atoms with Crippen LogP contribution in [-0.4, -0.2) is 17.7 Å². The number of ether oxygens (including phenoxy) is 2. The second kappa shape index (κ2) is 7.62. The number of rotatable bonds is 4. The first-order valence-electron chi connectivity index (χ1n) is 8.19. The lowest BCUT2D eigenvalue weighted by atomic mass is 9.98. The van der Waals surface area contributed by atoms with Crippen molar-refractivity contribution in [3.63, 3.8) is 0 Å². The first-order chi connectivity index (χ1) is 12.7. The minimum absolute atomic E-state index is 0.136. The highest BCUT2D eigenvalue weighted by molar-refractivity contribution is 6.30. The third-order valence-corrected chi connectivity index (χ3v) is 4.35. The van der Waals surface area contributed by atoms with Crippen LogP contribution in [0.4, 0.5) is 0 Å². The van der Waals surface area contributed by atoms with E-state index in [1.54, 1.807) is 38.1 Å². The van der Waals surface area contributed by atoms with Crippen LogP contribution in [0.25, 0.3) is 0 Å². The number of hydrogen-bond donors (Lipinski definition) is 1. The van der Waals surface area contributed by atoms with Crippen molar-refractivity contribution >= 4 is 35.1 Å². The predicted octanol–water partition coefficient (Wildman–Crippen LogP) is 4.39. The van der Waals surface area contributed by atoms with Crippen molar-refractivity contribution < 1.29 is 19.1 Å². The number of esters is 1.